The van der Waals surface area contributed by atoms with Gasteiger partial charge in [-0.3, -0.25) is 4.98 Å². The van der Waals surface area contributed by atoms with E-state index in [1.54, 1.807) is 0 Å². The van der Waals surface area contributed by atoms with E-state index in [9.17, 15) is 0 Å². The summed E-state index contributed by atoms with van der Waals surface area (Å²) in [4.78, 5) is 6.52. The second-order valence-electron chi connectivity index (χ2n) is 4.17. The van der Waals surface area contributed by atoms with Crippen molar-refractivity contribution in [2.24, 2.45) is 0 Å². The average molecular weight is 234 g/mol. The largest absolute Gasteiger partial charge is 0.305 e. The Morgan fingerprint density at radius 2 is 2.12 bits per heavy atom. The lowest BCUT2D eigenvalue weighted by Gasteiger charge is -2.11. The predicted octanol–water partition coefficient (Wildman–Crippen LogP) is 3.13. The maximum Gasteiger partial charge on any atom is 0.0706 e. The summed E-state index contributed by atoms with van der Waals surface area (Å²) < 4.78 is 0. The maximum atomic E-state index is 6.05. The van der Waals surface area contributed by atoms with E-state index in [0.717, 1.165) is 23.0 Å². The van der Waals surface area contributed by atoms with Crippen LogP contribution in [0, 0.1) is 6.92 Å². The standard InChI is InChI=1S/C13H14ClN2/c1-9-11-6-10(8-16(2)3)7-15-13(11)5-4-12(9)14/h4-7H,1,8H2,2-3H3. The number of rotatable bonds is 2. The highest BCUT2D eigenvalue weighted by Crippen LogP contribution is 2.24. The molecule has 0 aliphatic heterocycles. The zero-order valence-corrected chi connectivity index (χ0v) is 10.3. The van der Waals surface area contributed by atoms with Crippen LogP contribution in [0.15, 0.2) is 24.4 Å². The van der Waals surface area contributed by atoms with Gasteiger partial charge in [0.25, 0.3) is 0 Å². The second-order valence-corrected chi connectivity index (χ2v) is 4.58. The summed E-state index contributed by atoms with van der Waals surface area (Å²) in [7, 11) is 4.07. The van der Waals surface area contributed by atoms with E-state index >= 15 is 0 Å². The van der Waals surface area contributed by atoms with Crippen molar-refractivity contribution in [1.82, 2.24) is 9.88 Å². The molecule has 0 atom stereocenters. The van der Waals surface area contributed by atoms with Gasteiger partial charge in [0.05, 0.1) is 5.52 Å². The van der Waals surface area contributed by atoms with Gasteiger partial charge in [0.15, 0.2) is 0 Å². The van der Waals surface area contributed by atoms with Crippen LogP contribution in [0.1, 0.15) is 11.1 Å². The fourth-order valence-corrected chi connectivity index (χ4v) is 1.89. The molecule has 0 spiro atoms. The molecule has 2 aromatic rings. The van der Waals surface area contributed by atoms with Gasteiger partial charge in [0.1, 0.15) is 0 Å². The zero-order chi connectivity index (χ0) is 11.7. The zero-order valence-electron chi connectivity index (χ0n) is 9.50. The molecule has 0 saturated carbocycles. The number of aromatic nitrogens is 1. The van der Waals surface area contributed by atoms with Crippen LogP contribution in [0.5, 0.6) is 0 Å². The van der Waals surface area contributed by atoms with E-state index in [1.165, 1.54) is 5.56 Å². The van der Waals surface area contributed by atoms with Gasteiger partial charge in [-0.25, -0.2) is 0 Å². The SMILES string of the molecule is [CH2]c1c(Cl)ccc2ncc(CN(C)C)cc12. The molecule has 1 aromatic heterocycles. The first kappa shape index (κ1) is 11.4. The summed E-state index contributed by atoms with van der Waals surface area (Å²) in [6.45, 7) is 4.85. The van der Waals surface area contributed by atoms with Crippen molar-refractivity contribution < 1.29 is 0 Å². The van der Waals surface area contributed by atoms with Gasteiger partial charge in [-0.15, -0.1) is 0 Å². The lowest BCUT2D eigenvalue weighted by Crippen LogP contribution is -2.10. The van der Waals surface area contributed by atoms with E-state index in [4.69, 9.17) is 11.6 Å². The predicted molar refractivity (Wildman–Crippen MR) is 68.6 cm³/mol. The molecule has 0 aliphatic carbocycles. The Kier molecular flexibility index (Phi) is 3.13. The molecule has 0 unspecified atom stereocenters. The molecular weight excluding hydrogens is 220 g/mol. The molecule has 1 radical (unpaired) electrons. The second kappa shape index (κ2) is 4.40. The van der Waals surface area contributed by atoms with Crippen LogP contribution in [-0.4, -0.2) is 24.0 Å². The highest BCUT2D eigenvalue weighted by molar-refractivity contribution is 6.32. The molecule has 16 heavy (non-hydrogen) atoms. The van der Waals surface area contributed by atoms with Crippen LogP contribution in [0.25, 0.3) is 10.9 Å². The number of fused-ring (bicyclic) bond motifs is 1. The summed E-state index contributed by atoms with van der Waals surface area (Å²) >= 11 is 6.05. The van der Waals surface area contributed by atoms with Crippen molar-refractivity contribution in [2.75, 3.05) is 14.1 Å². The Balaban J connectivity index is 2.55. The molecule has 1 heterocycles. The number of halogens is 1. The lowest BCUT2D eigenvalue weighted by molar-refractivity contribution is 0.402. The molecule has 0 amide bonds. The van der Waals surface area contributed by atoms with Crippen molar-refractivity contribution >= 4 is 22.5 Å². The van der Waals surface area contributed by atoms with E-state index in [-0.39, 0.29) is 0 Å². The van der Waals surface area contributed by atoms with E-state index in [2.05, 4.69) is 22.9 Å². The molecule has 2 nitrogen and oxygen atoms in total. The van der Waals surface area contributed by atoms with Crippen molar-refractivity contribution in [2.45, 2.75) is 6.54 Å². The van der Waals surface area contributed by atoms with Gasteiger partial charge in [0, 0.05) is 23.2 Å². The quantitative estimate of drug-likeness (QED) is 0.792. The number of benzene rings is 1. The molecule has 1 aromatic carbocycles. The summed E-state index contributed by atoms with van der Waals surface area (Å²) in [6.07, 6.45) is 1.90. The summed E-state index contributed by atoms with van der Waals surface area (Å²) in [5.41, 5.74) is 2.97. The van der Waals surface area contributed by atoms with Crippen molar-refractivity contribution in [3.05, 3.63) is 47.5 Å². The Morgan fingerprint density at radius 1 is 1.38 bits per heavy atom. The van der Waals surface area contributed by atoms with E-state index in [1.807, 2.05) is 32.4 Å². The Labute approximate surface area is 101 Å². The molecular formula is C13H14ClN2. The van der Waals surface area contributed by atoms with Gasteiger partial charge in [0.2, 0.25) is 0 Å². The van der Waals surface area contributed by atoms with Gasteiger partial charge in [-0.2, -0.15) is 0 Å². The number of nitrogens with zero attached hydrogens (tertiary/aromatic N) is 2. The third-order valence-electron chi connectivity index (χ3n) is 2.47. The number of pyridine rings is 1. The minimum Gasteiger partial charge on any atom is -0.305 e. The Bertz CT molecular complexity index is 521. The molecule has 0 aliphatic rings. The highest BCUT2D eigenvalue weighted by Gasteiger charge is 2.04. The number of hydrogen-bond acceptors (Lipinski definition) is 2. The average Bonchev–Trinajstić information content (AvgIpc) is 2.23. The van der Waals surface area contributed by atoms with Crippen LogP contribution in [0.3, 0.4) is 0 Å². The van der Waals surface area contributed by atoms with Crippen molar-refractivity contribution in [3.8, 4) is 0 Å². The fraction of sp³-hybridized carbons (Fsp3) is 0.231. The molecule has 0 fully saturated rings. The van der Waals surface area contributed by atoms with Gasteiger partial charge < -0.3 is 4.90 Å². The molecule has 2 rings (SSSR count). The Hall–Kier alpha value is -1.12. The smallest absolute Gasteiger partial charge is 0.0706 e. The topological polar surface area (TPSA) is 16.1 Å². The molecule has 3 heteroatoms. The van der Waals surface area contributed by atoms with Gasteiger partial charge >= 0.3 is 0 Å². The fourth-order valence-electron chi connectivity index (χ4n) is 1.73. The summed E-state index contributed by atoms with van der Waals surface area (Å²) in [5.74, 6) is 0. The first-order valence-electron chi connectivity index (χ1n) is 5.12. The van der Waals surface area contributed by atoms with Gasteiger partial charge in [-0.05, 0) is 50.3 Å². The molecule has 83 valence electrons. The molecule has 0 saturated heterocycles. The Morgan fingerprint density at radius 3 is 2.81 bits per heavy atom. The summed E-state index contributed by atoms with van der Waals surface area (Å²) in [6, 6.07) is 5.87. The van der Waals surface area contributed by atoms with Crippen LogP contribution in [0.4, 0.5) is 0 Å². The minimum absolute atomic E-state index is 0.691. The van der Waals surface area contributed by atoms with Crippen molar-refractivity contribution in [3.63, 3.8) is 0 Å². The van der Waals surface area contributed by atoms with Crippen LogP contribution in [-0.2, 0) is 6.54 Å². The number of hydrogen-bond donors (Lipinski definition) is 0. The monoisotopic (exact) mass is 233 g/mol. The van der Waals surface area contributed by atoms with Crippen LogP contribution < -0.4 is 0 Å². The highest BCUT2D eigenvalue weighted by atomic mass is 35.5. The van der Waals surface area contributed by atoms with Crippen LogP contribution in [0.2, 0.25) is 5.02 Å². The normalized spacial score (nSPS) is 11.3. The first-order chi connectivity index (χ1) is 7.58. The van der Waals surface area contributed by atoms with Gasteiger partial charge in [-0.1, -0.05) is 11.6 Å². The minimum atomic E-state index is 0.691. The van der Waals surface area contributed by atoms with Crippen LogP contribution >= 0.6 is 11.6 Å². The van der Waals surface area contributed by atoms with E-state index in [0.29, 0.717) is 5.02 Å². The lowest BCUT2D eigenvalue weighted by atomic mass is 10.1. The third kappa shape index (κ3) is 2.18. The van der Waals surface area contributed by atoms with E-state index < -0.39 is 0 Å². The summed E-state index contributed by atoms with van der Waals surface area (Å²) in [5, 5.41) is 1.73. The third-order valence-corrected chi connectivity index (χ3v) is 2.83. The molecule has 0 N–H and O–H groups in total. The maximum absolute atomic E-state index is 6.05. The first-order valence-corrected chi connectivity index (χ1v) is 5.49. The van der Waals surface area contributed by atoms with Crippen molar-refractivity contribution in [1.29, 1.82) is 0 Å². The molecule has 0 bridgehead atoms.